The number of fused-ring (bicyclic) bond motifs is 1. The zero-order chi connectivity index (χ0) is 20.1. The molecular weight excluding hydrogens is 366 g/mol. The first kappa shape index (κ1) is 20.6. The molecule has 0 radical (unpaired) electrons. The Bertz CT molecular complexity index is 800. The van der Waals surface area contributed by atoms with E-state index < -0.39 is 24.7 Å². The van der Waals surface area contributed by atoms with E-state index >= 15 is 0 Å². The van der Waals surface area contributed by atoms with E-state index in [-0.39, 0.29) is 12.0 Å². The number of halogens is 4. The molecule has 0 heterocycles. The number of nitrogens with two attached hydrogens (primary N) is 2. The molecule has 1 unspecified atom stereocenters. The monoisotopic (exact) mass is 387 g/mol. The molecule has 148 valence electrons. The standard InChI is InChI=1S/C18H21F4N3O2/c1-10(2)16(25(24)6-5-23)12-4-3-11-8-14(26-17(19)20)15(27-18(21)22)9-13(11)7-12/h3-10,16-18H,23-24H2,1-2H3/b6-5-. The van der Waals surface area contributed by atoms with Crippen LogP contribution in [-0.2, 0) is 0 Å². The van der Waals surface area contributed by atoms with E-state index in [1.807, 2.05) is 13.8 Å². The summed E-state index contributed by atoms with van der Waals surface area (Å²) in [7, 11) is 0. The van der Waals surface area contributed by atoms with Crippen LogP contribution < -0.4 is 21.1 Å². The summed E-state index contributed by atoms with van der Waals surface area (Å²) in [6, 6.07) is 7.40. The van der Waals surface area contributed by atoms with Crippen molar-refractivity contribution in [1.29, 1.82) is 0 Å². The van der Waals surface area contributed by atoms with Crippen molar-refractivity contribution >= 4 is 10.8 Å². The number of hydrogen-bond acceptors (Lipinski definition) is 5. The van der Waals surface area contributed by atoms with Gasteiger partial charge in [0.05, 0.1) is 6.04 Å². The Morgan fingerprint density at radius 2 is 1.48 bits per heavy atom. The molecule has 0 spiro atoms. The van der Waals surface area contributed by atoms with Crippen molar-refractivity contribution in [3.63, 3.8) is 0 Å². The Balaban J connectivity index is 2.54. The van der Waals surface area contributed by atoms with Crippen molar-refractivity contribution in [2.75, 3.05) is 0 Å². The van der Waals surface area contributed by atoms with Gasteiger partial charge in [-0.05, 0) is 40.5 Å². The summed E-state index contributed by atoms with van der Waals surface area (Å²) in [4.78, 5) is 0. The Hall–Kier alpha value is -2.68. The summed E-state index contributed by atoms with van der Waals surface area (Å²) in [6.07, 6.45) is 2.82. The number of rotatable bonds is 8. The first-order chi connectivity index (χ1) is 12.7. The summed E-state index contributed by atoms with van der Waals surface area (Å²) in [5.74, 6) is 5.19. The molecule has 2 aromatic rings. The molecule has 0 amide bonds. The molecule has 4 N–H and O–H groups in total. The molecule has 0 bridgehead atoms. The van der Waals surface area contributed by atoms with Crippen molar-refractivity contribution in [2.45, 2.75) is 33.1 Å². The van der Waals surface area contributed by atoms with Gasteiger partial charge in [0.15, 0.2) is 11.5 Å². The number of hydrazine groups is 1. The molecule has 2 aromatic carbocycles. The third kappa shape index (κ3) is 5.16. The minimum absolute atomic E-state index is 0.0990. The lowest BCUT2D eigenvalue weighted by atomic mass is 9.93. The maximum Gasteiger partial charge on any atom is 0.387 e. The van der Waals surface area contributed by atoms with E-state index in [4.69, 9.17) is 11.6 Å². The predicted octanol–water partition coefficient (Wildman–Crippen LogP) is 4.35. The van der Waals surface area contributed by atoms with Gasteiger partial charge in [0, 0.05) is 12.4 Å². The predicted molar refractivity (Wildman–Crippen MR) is 94.1 cm³/mol. The average molecular weight is 387 g/mol. The molecule has 27 heavy (non-hydrogen) atoms. The molecule has 1 atom stereocenters. The lowest BCUT2D eigenvalue weighted by Gasteiger charge is -2.30. The van der Waals surface area contributed by atoms with Crippen LogP contribution in [0.5, 0.6) is 11.5 Å². The van der Waals surface area contributed by atoms with Crippen LogP contribution in [0.3, 0.4) is 0 Å². The normalized spacial score (nSPS) is 13.1. The fourth-order valence-corrected chi connectivity index (χ4v) is 2.93. The van der Waals surface area contributed by atoms with E-state index in [2.05, 4.69) is 9.47 Å². The van der Waals surface area contributed by atoms with Crippen LogP contribution in [0, 0.1) is 5.92 Å². The van der Waals surface area contributed by atoms with Crippen molar-refractivity contribution in [3.05, 3.63) is 48.3 Å². The van der Waals surface area contributed by atoms with Gasteiger partial charge >= 0.3 is 13.2 Å². The maximum absolute atomic E-state index is 12.6. The van der Waals surface area contributed by atoms with Gasteiger partial charge in [-0.3, -0.25) is 0 Å². The first-order valence-corrected chi connectivity index (χ1v) is 8.11. The van der Waals surface area contributed by atoms with Gasteiger partial charge in [0.25, 0.3) is 0 Å². The number of hydrogen-bond donors (Lipinski definition) is 2. The highest BCUT2D eigenvalue weighted by atomic mass is 19.3. The summed E-state index contributed by atoms with van der Waals surface area (Å²) in [5.41, 5.74) is 6.19. The Kier molecular flexibility index (Phi) is 6.73. The topological polar surface area (TPSA) is 73.7 Å². The molecule has 0 saturated carbocycles. The average Bonchev–Trinajstić information content (AvgIpc) is 2.54. The molecule has 0 aliphatic rings. The van der Waals surface area contributed by atoms with Crippen LogP contribution in [0.2, 0.25) is 0 Å². The summed E-state index contributed by atoms with van der Waals surface area (Å²) < 4.78 is 59.0. The number of nitrogens with zero attached hydrogens (tertiary/aromatic N) is 1. The minimum atomic E-state index is -3.18. The second kappa shape index (κ2) is 8.81. The maximum atomic E-state index is 12.6. The van der Waals surface area contributed by atoms with E-state index in [0.29, 0.717) is 10.8 Å². The Morgan fingerprint density at radius 3 is 1.96 bits per heavy atom. The van der Waals surface area contributed by atoms with Gasteiger partial charge < -0.3 is 20.2 Å². The lowest BCUT2D eigenvalue weighted by Crippen LogP contribution is -2.33. The molecule has 0 saturated heterocycles. The molecule has 2 rings (SSSR count). The molecular formula is C18H21F4N3O2. The fourth-order valence-electron chi connectivity index (χ4n) is 2.93. The second-order valence-corrected chi connectivity index (χ2v) is 6.14. The molecule has 9 heteroatoms. The van der Waals surface area contributed by atoms with Crippen molar-refractivity contribution < 1.29 is 27.0 Å². The second-order valence-electron chi connectivity index (χ2n) is 6.14. The van der Waals surface area contributed by atoms with Crippen LogP contribution in [-0.4, -0.2) is 18.2 Å². The van der Waals surface area contributed by atoms with Crippen LogP contribution in [0.25, 0.3) is 10.8 Å². The van der Waals surface area contributed by atoms with Crippen molar-refractivity contribution in [2.24, 2.45) is 17.5 Å². The zero-order valence-electron chi connectivity index (χ0n) is 14.8. The lowest BCUT2D eigenvalue weighted by molar-refractivity contribution is -0.0690. The number of alkyl halides is 4. The van der Waals surface area contributed by atoms with Crippen LogP contribution in [0.15, 0.2) is 42.7 Å². The Morgan fingerprint density at radius 1 is 0.926 bits per heavy atom. The Labute approximate surface area is 154 Å². The van der Waals surface area contributed by atoms with E-state index in [1.54, 1.807) is 18.2 Å². The molecule has 0 aromatic heterocycles. The van der Waals surface area contributed by atoms with Gasteiger partial charge in [-0.2, -0.15) is 17.6 Å². The first-order valence-electron chi connectivity index (χ1n) is 8.11. The van der Waals surface area contributed by atoms with Crippen molar-refractivity contribution in [3.8, 4) is 11.5 Å². The van der Waals surface area contributed by atoms with Gasteiger partial charge in [-0.15, -0.1) is 0 Å². The largest absolute Gasteiger partial charge is 0.431 e. The summed E-state index contributed by atoms with van der Waals surface area (Å²) in [5, 5.41) is 2.48. The van der Waals surface area contributed by atoms with Crippen molar-refractivity contribution in [1.82, 2.24) is 5.01 Å². The van der Waals surface area contributed by atoms with Crippen LogP contribution in [0.4, 0.5) is 17.6 Å². The van der Waals surface area contributed by atoms with Crippen LogP contribution in [0.1, 0.15) is 25.5 Å². The number of ether oxygens (including phenoxy) is 2. The highest BCUT2D eigenvalue weighted by Gasteiger charge is 2.21. The number of benzene rings is 2. The highest BCUT2D eigenvalue weighted by Crippen LogP contribution is 2.37. The van der Waals surface area contributed by atoms with Gasteiger partial charge in [-0.1, -0.05) is 26.0 Å². The van der Waals surface area contributed by atoms with E-state index in [0.717, 1.165) is 5.56 Å². The summed E-state index contributed by atoms with van der Waals surface area (Å²) >= 11 is 0. The van der Waals surface area contributed by atoms with E-state index in [9.17, 15) is 17.6 Å². The van der Waals surface area contributed by atoms with Gasteiger partial charge in [0.1, 0.15) is 0 Å². The molecule has 0 aliphatic heterocycles. The highest BCUT2D eigenvalue weighted by molar-refractivity contribution is 5.86. The molecule has 5 nitrogen and oxygen atoms in total. The van der Waals surface area contributed by atoms with Crippen LogP contribution >= 0.6 is 0 Å². The van der Waals surface area contributed by atoms with Gasteiger partial charge in [-0.25, -0.2) is 5.84 Å². The minimum Gasteiger partial charge on any atom is -0.431 e. The third-order valence-corrected chi connectivity index (χ3v) is 3.91. The van der Waals surface area contributed by atoms with Gasteiger partial charge in [0.2, 0.25) is 0 Å². The third-order valence-electron chi connectivity index (χ3n) is 3.91. The van der Waals surface area contributed by atoms with E-state index in [1.165, 1.54) is 29.5 Å². The molecule has 0 aliphatic carbocycles. The molecule has 0 fully saturated rings. The quantitative estimate of drug-likeness (QED) is 0.400. The fraction of sp³-hybridized carbons (Fsp3) is 0.333. The smallest absolute Gasteiger partial charge is 0.387 e. The zero-order valence-corrected chi connectivity index (χ0v) is 14.8. The summed E-state index contributed by atoms with van der Waals surface area (Å²) in [6.45, 7) is -2.42. The SMILES string of the molecule is CC(C)C(c1ccc2cc(OC(F)F)c(OC(F)F)cc2c1)N(N)/C=C\N.